The molecule has 1 unspecified atom stereocenters. The van der Waals surface area contributed by atoms with Crippen molar-refractivity contribution < 1.29 is 28.9 Å². The SMILES string of the molecule is COc1ccnc(C(=S)NCC(=O)OC(C)Cc2ccccc2)c1OC(C)=O.Oc1ccccc1Cl. The van der Waals surface area contributed by atoms with Gasteiger partial charge in [-0.2, -0.15) is 0 Å². The molecule has 1 atom stereocenters. The summed E-state index contributed by atoms with van der Waals surface area (Å²) >= 11 is 10.7. The Bertz CT molecular complexity index is 1160. The van der Waals surface area contributed by atoms with Gasteiger partial charge in [-0.3, -0.25) is 9.59 Å². The lowest BCUT2D eigenvalue weighted by atomic mass is 10.1. The van der Waals surface area contributed by atoms with Crippen LogP contribution in [0.2, 0.25) is 5.02 Å². The van der Waals surface area contributed by atoms with Gasteiger partial charge in [0.25, 0.3) is 0 Å². The summed E-state index contributed by atoms with van der Waals surface area (Å²) in [6, 6.07) is 18.0. The number of ether oxygens (including phenoxy) is 3. The Morgan fingerprint density at radius 1 is 1.11 bits per heavy atom. The number of hydrogen-bond acceptors (Lipinski definition) is 8. The van der Waals surface area contributed by atoms with Gasteiger partial charge in [0.15, 0.2) is 5.75 Å². The second kappa shape index (κ2) is 14.7. The zero-order chi connectivity index (χ0) is 26.5. The molecule has 0 radical (unpaired) electrons. The third-order valence-electron chi connectivity index (χ3n) is 4.49. The van der Waals surface area contributed by atoms with E-state index in [0.717, 1.165) is 5.56 Å². The van der Waals surface area contributed by atoms with Crippen LogP contribution in [-0.4, -0.2) is 46.8 Å². The highest BCUT2D eigenvalue weighted by Crippen LogP contribution is 2.29. The second-order valence-corrected chi connectivity index (χ2v) is 8.22. The molecule has 190 valence electrons. The molecule has 10 heteroatoms. The maximum Gasteiger partial charge on any atom is 0.325 e. The van der Waals surface area contributed by atoms with Crippen molar-refractivity contribution in [2.75, 3.05) is 13.7 Å². The molecule has 2 N–H and O–H groups in total. The van der Waals surface area contributed by atoms with Crippen molar-refractivity contribution in [1.82, 2.24) is 10.3 Å². The number of rotatable bonds is 8. The van der Waals surface area contributed by atoms with E-state index in [1.54, 1.807) is 30.3 Å². The lowest BCUT2D eigenvalue weighted by molar-refractivity contribution is -0.146. The number of methoxy groups -OCH3 is 1. The second-order valence-electron chi connectivity index (χ2n) is 7.41. The molecule has 3 rings (SSSR count). The fraction of sp³-hybridized carbons (Fsp3) is 0.231. The molecule has 0 amide bonds. The lowest BCUT2D eigenvalue weighted by Gasteiger charge is -2.15. The number of esters is 2. The summed E-state index contributed by atoms with van der Waals surface area (Å²) in [7, 11) is 1.44. The van der Waals surface area contributed by atoms with Gasteiger partial charge in [0.05, 0.1) is 12.1 Å². The molecular formula is C26H27ClN2O6S. The first-order chi connectivity index (χ1) is 17.2. The van der Waals surface area contributed by atoms with Crippen molar-refractivity contribution in [3.8, 4) is 17.2 Å². The van der Waals surface area contributed by atoms with Crippen LogP contribution in [-0.2, 0) is 20.7 Å². The first-order valence-corrected chi connectivity index (χ1v) is 11.7. The Labute approximate surface area is 220 Å². The van der Waals surface area contributed by atoms with Gasteiger partial charge in [-0.05, 0) is 24.6 Å². The Morgan fingerprint density at radius 3 is 2.36 bits per heavy atom. The number of benzene rings is 2. The standard InChI is InChI=1S/C20H22N2O5S.C6H5ClO/c1-13(11-15-7-5-4-6-8-15)26-17(24)12-22-20(28)18-19(27-14(2)23)16(25-3)9-10-21-18;7-5-3-1-2-4-6(5)8/h4-10,13H,11-12H2,1-3H3,(H,22,28);1-4,8H. The molecule has 0 bridgehead atoms. The Kier molecular flexibility index (Phi) is 11.6. The van der Waals surface area contributed by atoms with Crippen LogP contribution in [0.3, 0.4) is 0 Å². The predicted octanol–water partition coefficient (Wildman–Crippen LogP) is 4.50. The molecule has 3 aromatic rings. The van der Waals surface area contributed by atoms with Crippen molar-refractivity contribution in [2.45, 2.75) is 26.4 Å². The van der Waals surface area contributed by atoms with Crippen LogP contribution < -0.4 is 14.8 Å². The van der Waals surface area contributed by atoms with Gasteiger partial charge >= 0.3 is 11.9 Å². The summed E-state index contributed by atoms with van der Waals surface area (Å²) in [6.45, 7) is 2.94. The van der Waals surface area contributed by atoms with Crippen LogP contribution in [0.5, 0.6) is 17.2 Å². The summed E-state index contributed by atoms with van der Waals surface area (Å²) in [6.07, 6.45) is 1.80. The third-order valence-corrected chi connectivity index (χ3v) is 5.15. The van der Waals surface area contributed by atoms with Crippen LogP contribution in [0, 0.1) is 0 Å². The Hall–Kier alpha value is -3.69. The van der Waals surface area contributed by atoms with Crippen LogP contribution in [0.4, 0.5) is 0 Å². The highest BCUT2D eigenvalue weighted by Gasteiger charge is 2.19. The largest absolute Gasteiger partial charge is 0.506 e. The number of carbonyl (C=O) groups is 2. The van der Waals surface area contributed by atoms with Gasteiger partial charge in [-0.1, -0.05) is 66.3 Å². The molecule has 0 spiro atoms. The normalized spacial score (nSPS) is 10.8. The summed E-state index contributed by atoms with van der Waals surface area (Å²) in [5, 5.41) is 12.0. The lowest BCUT2D eigenvalue weighted by Crippen LogP contribution is -2.32. The average molecular weight is 531 g/mol. The predicted molar refractivity (Wildman–Crippen MR) is 141 cm³/mol. The smallest absolute Gasteiger partial charge is 0.325 e. The summed E-state index contributed by atoms with van der Waals surface area (Å²) < 4.78 is 15.7. The zero-order valence-corrected chi connectivity index (χ0v) is 21.6. The Balaban J connectivity index is 0.000000482. The molecular weight excluding hydrogens is 504 g/mol. The molecule has 0 aliphatic heterocycles. The van der Waals surface area contributed by atoms with E-state index in [4.69, 9.17) is 43.1 Å². The van der Waals surface area contributed by atoms with E-state index in [1.165, 1.54) is 20.2 Å². The maximum atomic E-state index is 12.1. The molecule has 2 aromatic carbocycles. The van der Waals surface area contributed by atoms with Crippen LogP contribution >= 0.6 is 23.8 Å². The van der Waals surface area contributed by atoms with Gasteiger partial charge in [0.2, 0.25) is 5.75 Å². The van der Waals surface area contributed by atoms with Crippen molar-refractivity contribution in [3.63, 3.8) is 0 Å². The summed E-state index contributed by atoms with van der Waals surface area (Å²) in [4.78, 5) is 27.7. The number of hydrogen-bond donors (Lipinski definition) is 2. The fourth-order valence-electron chi connectivity index (χ4n) is 2.94. The summed E-state index contributed by atoms with van der Waals surface area (Å²) in [5.41, 5.74) is 1.28. The topological polar surface area (TPSA) is 107 Å². The van der Waals surface area contributed by atoms with Gasteiger partial charge in [0.1, 0.15) is 29.1 Å². The summed E-state index contributed by atoms with van der Waals surface area (Å²) in [5.74, 6) is -0.453. The van der Waals surface area contributed by atoms with Gasteiger partial charge < -0.3 is 24.6 Å². The van der Waals surface area contributed by atoms with E-state index in [1.807, 2.05) is 37.3 Å². The number of carbonyl (C=O) groups excluding carboxylic acids is 2. The van der Waals surface area contributed by atoms with Gasteiger partial charge in [-0.25, -0.2) is 4.98 Å². The number of aromatic hydroxyl groups is 1. The first kappa shape index (κ1) is 28.5. The average Bonchev–Trinajstić information content (AvgIpc) is 2.85. The number of nitrogens with zero attached hydrogens (tertiary/aromatic N) is 1. The highest BCUT2D eigenvalue weighted by molar-refractivity contribution is 7.80. The minimum atomic E-state index is -0.538. The van der Waals surface area contributed by atoms with Crippen LogP contribution in [0.15, 0.2) is 66.9 Å². The van der Waals surface area contributed by atoms with Gasteiger partial charge in [0, 0.05) is 25.6 Å². The molecule has 0 fully saturated rings. The molecule has 0 saturated heterocycles. The number of phenols is 1. The molecule has 0 saturated carbocycles. The van der Waals surface area contributed by atoms with Crippen LogP contribution in [0.25, 0.3) is 0 Å². The fourth-order valence-corrected chi connectivity index (χ4v) is 3.29. The van der Waals surface area contributed by atoms with Gasteiger partial charge in [-0.15, -0.1) is 0 Å². The number of thiocarbonyl (C=S) groups is 1. The highest BCUT2D eigenvalue weighted by atomic mass is 35.5. The number of phenolic OH excluding ortho intramolecular Hbond substituents is 1. The number of para-hydroxylation sites is 1. The van der Waals surface area contributed by atoms with Crippen molar-refractivity contribution >= 4 is 40.7 Å². The van der Waals surface area contributed by atoms with Crippen LogP contribution in [0.1, 0.15) is 25.1 Å². The van der Waals surface area contributed by atoms with Crippen molar-refractivity contribution in [2.24, 2.45) is 0 Å². The molecule has 1 heterocycles. The number of halogens is 1. The number of aromatic nitrogens is 1. The molecule has 8 nitrogen and oxygen atoms in total. The minimum Gasteiger partial charge on any atom is -0.506 e. The Morgan fingerprint density at radius 2 is 1.78 bits per heavy atom. The molecule has 0 aliphatic rings. The van der Waals surface area contributed by atoms with E-state index < -0.39 is 11.9 Å². The quantitative estimate of drug-likeness (QED) is 0.321. The third kappa shape index (κ3) is 9.52. The monoisotopic (exact) mass is 530 g/mol. The van der Waals surface area contributed by atoms with E-state index in [9.17, 15) is 9.59 Å². The minimum absolute atomic E-state index is 0.0980. The maximum absolute atomic E-state index is 12.1. The zero-order valence-electron chi connectivity index (χ0n) is 20.1. The van der Waals surface area contributed by atoms with E-state index in [0.29, 0.717) is 17.2 Å². The molecule has 1 aromatic heterocycles. The van der Waals surface area contributed by atoms with E-state index >= 15 is 0 Å². The van der Waals surface area contributed by atoms with Crippen molar-refractivity contribution in [3.05, 3.63) is 83.1 Å². The molecule has 36 heavy (non-hydrogen) atoms. The number of pyridine rings is 1. The van der Waals surface area contributed by atoms with Crippen molar-refractivity contribution in [1.29, 1.82) is 0 Å². The first-order valence-electron chi connectivity index (χ1n) is 10.9. The van der Waals surface area contributed by atoms with E-state index in [-0.39, 0.29) is 34.8 Å². The molecule has 0 aliphatic carbocycles. The van der Waals surface area contributed by atoms with E-state index in [2.05, 4.69) is 10.3 Å². The number of nitrogens with one attached hydrogen (secondary N) is 1.